The quantitative estimate of drug-likeness (QED) is 0.434. The SMILES string of the molecule is O=C(Nc1ccc(-c2noc(-c3ccccc3Cl)n2)c(Cl)c1)c1cccc(F)n1. The second-order valence-corrected chi connectivity index (χ2v) is 6.71. The third-order valence-electron chi connectivity index (χ3n) is 3.95. The Morgan fingerprint density at radius 3 is 2.52 bits per heavy atom. The molecule has 1 amide bonds. The second kappa shape index (κ2) is 7.98. The Bertz CT molecular complexity index is 1210. The Morgan fingerprint density at radius 1 is 0.931 bits per heavy atom. The van der Waals surface area contributed by atoms with Gasteiger partial charge in [0, 0.05) is 11.3 Å². The summed E-state index contributed by atoms with van der Waals surface area (Å²) in [7, 11) is 0. The van der Waals surface area contributed by atoms with Gasteiger partial charge in [-0.25, -0.2) is 4.98 Å². The van der Waals surface area contributed by atoms with Crippen molar-refractivity contribution in [1.29, 1.82) is 0 Å². The molecule has 0 aliphatic carbocycles. The zero-order chi connectivity index (χ0) is 20.4. The smallest absolute Gasteiger partial charge is 0.274 e. The number of anilines is 1. The van der Waals surface area contributed by atoms with Crippen molar-refractivity contribution < 1.29 is 13.7 Å². The fraction of sp³-hybridized carbons (Fsp3) is 0. The predicted octanol–water partition coefficient (Wildman–Crippen LogP) is 5.50. The van der Waals surface area contributed by atoms with Crippen LogP contribution in [0.5, 0.6) is 0 Å². The van der Waals surface area contributed by atoms with Crippen LogP contribution in [0.4, 0.5) is 10.1 Å². The molecule has 6 nitrogen and oxygen atoms in total. The molecule has 0 atom stereocenters. The van der Waals surface area contributed by atoms with Crippen LogP contribution >= 0.6 is 23.2 Å². The molecule has 0 radical (unpaired) electrons. The van der Waals surface area contributed by atoms with Crippen LogP contribution in [-0.2, 0) is 0 Å². The van der Waals surface area contributed by atoms with E-state index >= 15 is 0 Å². The molecule has 29 heavy (non-hydrogen) atoms. The van der Waals surface area contributed by atoms with Gasteiger partial charge in [0.25, 0.3) is 11.8 Å². The van der Waals surface area contributed by atoms with Gasteiger partial charge in [-0.3, -0.25) is 4.79 Å². The van der Waals surface area contributed by atoms with Crippen molar-refractivity contribution in [3.8, 4) is 22.8 Å². The van der Waals surface area contributed by atoms with E-state index in [1.165, 1.54) is 18.2 Å². The van der Waals surface area contributed by atoms with Crippen molar-refractivity contribution >= 4 is 34.8 Å². The molecule has 2 aromatic carbocycles. The molecule has 0 saturated carbocycles. The monoisotopic (exact) mass is 428 g/mol. The van der Waals surface area contributed by atoms with Crippen molar-refractivity contribution in [3.63, 3.8) is 0 Å². The number of hydrogen-bond donors (Lipinski definition) is 1. The van der Waals surface area contributed by atoms with Crippen LogP contribution in [0, 0.1) is 5.95 Å². The Labute approximate surface area is 174 Å². The Morgan fingerprint density at radius 2 is 1.76 bits per heavy atom. The summed E-state index contributed by atoms with van der Waals surface area (Å²) < 4.78 is 18.5. The summed E-state index contributed by atoms with van der Waals surface area (Å²) in [6.07, 6.45) is 0. The summed E-state index contributed by atoms with van der Waals surface area (Å²) in [6, 6.07) is 15.8. The van der Waals surface area contributed by atoms with Gasteiger partial charge in [0.15, 0.2) is 0 Å². The molecule has 144 valence electrons. The maximum absolute atomic E-state index is 13.2. The van der Waals surface area contributed by atoms with Crippen molar-refractivity contribution in [2.75, 3.05) is 5.32 Å². The fourth-order valence-electron chi connectivity index (χ4n) is 2.58. The van der Waals surface area contributed by atoms with E-state index in [0.29, 0.717) is 26.9 Å². The maximum atomic E-state index is 13.2. The standard InChI is InChI=1S/C20H11Cl2FN4O2/c21-14-5-2-1-4-13(14)20-26-18(27-29-20)12-9-8-11(10-15(12)22)24-19(28)16-6-3-7-17(23)25-16/h1-10H,(H,24,28). The summed E-state index contributed by atoms with van der Waals surface area (Å²) in [5.41, 5.74) is 1.48. The van der Waals surface area contributed by atoms with Crippen LogP contribution in [0.3, 0.4) is 0 Å². The third-order valence-corrected chi connectivity index (χ3v) is 4.59. The molecule has 2 aromatic heterocycles. The molecule has 0 fully saturated rings. The van der Waals surface area contributed by atoms with Gasteiger partial charge in [-0.05, 0) is 42.5 Å². The molecule has 4 rings (SSSR count). The molecule has 0 saturated heterocycles. The molecular formula is C20H11Cl2FN4O2. The largest absolute Gasteiger partial charge is 0.334 e. The average Bonchev–Trinajstić information content (AvgIpc) is 3.18. The van der Waals surface area contributed by atoms with Crippen LogP contribution in [0.15, 0.2) is 65.2 Å². The van der Waals surface area contributed by atoms with E-state index in [4.69, 9.17) is 27.7 Å². The Balaban J connectivity index is 1.57. The summed E-state index contributed by atoms with van der Waals surface area (Å²) in [5, 5.41) is 7.33. The molecular weight excluding hydrogens is 418 g/mol. The van der Waals surface area contributed by atoms with Crippen molar-refractivity contribution in [3.05, 3.63) is 82.4 Å². The summed E-state index contributed by atoms with van der Waals surface area (Å²) in [4.78, 5) is 20.1. The van der Waals surface area contributed by atoms with Crippen LogP contribution in [0.25, 0.3) is 22.8 Å². The number of halogens is 3. The molecule has 4 aromatic rings. The van der Waals surface area contributed by atoms with Crippen LogP contribution in [0.2, 0.25) is 10.0 Å². The first-order valence-corrected chi connectivity index (χ1v) is 9.09. The van der Waals surface area contributed by atoms with Gasteiger partial charge in [0.05, 0.1) is 15.6 Å². The second-order valence-electron chi connectivity index (χ2n) is 5.90. The highest BCUT2D eigenvalue weighted by molar-refractivity contribution is 6.34. The maximum Gasteiger partial charge on any atom is 0.274 e. The first kappa shape index (κ1) is 19.0. The van der Waals surface area contributed by atoms with Gasteiger partial charge < -0.3 is 9.84 Å². The van der Waals surface area contributed by atoms with Gasteiger partial charge in [0.2, 0.25) is 11.8 Å². The molecule has 0 aliphatic heterocycles. The van der Waals surface area contributed by atoms with Crippen LogP contribution in [0.1, 0.15) is 10.5 Å². The van der Waals surface area contributed by atoms with Crippen LogP contribution < -0.4 is 5.32 Å². The predicted molar refractivity (Wildman–Crippen MR) is 107 cm³/mol. The van der Waals surface area contributed by atoms with Gasteiger partial charge in [-0.15, -0.1) is 0 Å². The van der Waals surface area contributed by atoms with E-state index in [-0.39, 0.29) is 17.4 Å². The molecule has 0 aliphatic rings. The highest BCUT2D eigenvalue weighted by Gasteiger charge is 2.16. The molecule has 0 spiro atoms. The lowest BCUT2D eigenvalue weighted by Gasteiger charge is -2.07. The van der Waals surface area contributed by atoms with Crippen molar-refractivity contribution in [1.82, 2.24) is 15.1 Å². The van der Waals surface area contributed by atoms with E-state index in [1.54, 1.807) is 30.3 Å². The zero-order valence-electron chi connectivity index (χ0n) is 14.6. The minimum atomic E-state index is -0.738. The van der Waals surface area contributed by atoms with E-state index in [2.05, 4.69) is 20.4 Å². The normalized spacial score (nSPS) is 10.7. The molecule has 2 heterocycles. The van der Waals surface area contributed by atoms with Crippen LogP contribution in [-0.4, -0.2) is 21.0 Å². The number of pyridine rings is 1. The number of carbonyl (C=O) groups excluding carboxylic acids is 1. The highest BCUT2D eigenvalue weighted by atomic mass is 35.5. The van der Waals surface area contributed by atoms with E-state index in [0.717, 1.165) is 6.07 Å². The van der Waals surface area contributed by atoms with E-state index < -0.39 is 11.9 Å². The van der Waals surface area contributed by atoms with Gasteiger partial charge >= 0.3 is 0 Å². The minimum Gasteiger partial charge on any atom is -0.334 e. The van der Waals surface area contributed by atoms with Gasteiger partial charge in [0.1, 0.15) is 5.69 Å². The number of benzene rings is 2. The number of amides is 1. The number of rotatable bonds is 4. The molecule has 1 N–H and O–H groups in total. The third kappa shape index (κ3) is 4.11. The van der Waals surface area contributed by atoms with Gasteiger partial charge in [-0.1, -0.05) is 46.6 Å². The Hall–Kier alpha value is -3.29. The lowest BCUT2D eigenvalue weighted by molar-refractivity contribution is 0.102. The first-order chi connectivity index (χ1) is 14.0. The summed E-state index contributed by atoms with van der Waals surface area (Å²) in [5.74, 6) is -0.767. The molecule has 0 bridgehead atoms. The highest BCUT2D eigenvalue weighted by Crippen LogP contribution is 2.32. The number of nitrogens with zero attached hydrogens (tertiary/aromatic N) is 3. The van der Waals surface area contributed by atoms with Crippen molar-refractivity contribution in [2.24, 2.45) is 0 Å². The van der Waals surface area contributed by atoms with Gasteiger partial charge in [-0.2, -0.15) is 9.37 Å². The van der Waals surface area contributed by atoms with E-state index in [1.807, 2.05) is 6.07 Å². The molecule has 0 unspecified atom stereocenters. The number of hydrogen-bond acceptors (Lipinski definition) is 5. The molecule has 9 heteroatoms. The van der Waals surface area contributed by atoms with E-state index in [9.17, 15) is 9.18 Å². The summed E-state index contributed by atoms with van der Waals surface area (Å²) in [6.45, 7) is 0. The van der Waals surface area contributed by atoms with Crippen molar-refractivity contribution in [2.45, 2.75) is 0 Å². The number of nitrogens with one attached hydrogen (secondary N) is 1. The lowest BCUT2D eigenvalue weighted by atomic mass is 10.2. The zero-order valence-corrected chi connectivity index (χ0v) is 16.1. The number of aromatic nitrogens is 3. The minimum absolute atomic E-state index is 0.0484. The Kier molecular flexibility index (Phi) is 5.24. The topological polar surface area (TPSA) is 80.9 Å². The first-order valence-electron chi connectivity index (χ1n) is 8.34. The average molecular weight is 429 g/mol. The summed E-state index contributed by atoms with van der Waals surface area (Å²) >= 11 is 12.5. The fourth-order valence-corrected chi connectivity index (χ4v) is 3.06. The lowest BCUT2D eigenvalue weighted by Crippen LogP contribution is -2.14. The number of carbonyl (C=O) groups is 1.